The maximum atomic E-state index is 2.48. The quantitative estimate of drug-likeness (QED) is 0.607. The van der Waals surface area contributed by atoms with Gasteiger partial charge >= 0.3 is 0 Å². The third kappa shape index (κ3) is 7.82. The zero-order chi connectivity index (χ0) is 7.82. The van der Waals surface area contributed by atoms with Crippen LogP contribution in [-0.2, 0) is 0 Å². The Morgan fingerprint density at radius 1 is 0.909 bits per heavy atom. The van der Waals surface area contributed by atoms with Gasteiger partial charge in [0.1, 0.15) is 0 Å². The summed E-state index contributed by atoms with van der Waals surface area (Å²) < 4.78 is 0. The van der Waals surface area contributed by atoms with Crippen molar-refractivity contribution in [1.82, 2.24) is 11.1 Å². The molecular formula is C9H24N2. The van der Waals surface area contributed by atoms with E-state index in [4.69, 9.17) is 0 Å². The summed E-state index contributed by atoms with van der Waals surface area (Å²) in [6.07, 6.45) is 4.09. The van der Waals surface area contributed by atoms with Crippen LogP contribution in [0.2, 0.25) is 0 Å². The molecule has 2 heteroatoms. The lowest BCUT2D eigenvalue weighted by Gasteiger charge is -2.16. The average Bonchev–Trinajstić information content (AvgIpc) is 1.99. The molecule has 0 rings (SSSR count). The van der Waals surface area contributed by atoms with Gasteiger partial charge in [-0.2, -0.15) is 0 Å². The van der Waals surface area contributed by atoms with Gasteiger partial charge < -0.3 is 11.1 Å². The van der Waals surface area contributed by atoms with E-state index < -0.39 is 0 Å². The minimum absolute atomic E-state index is 0. The highest BCUT2D eigenvalue weighted by Gasteiger charge is 1.95. The molecule has 0 aromatic carbocycles. The monoisotopic (exact) mass is 160 g/mol. The maximum Gasteiger partial charge on any atom is -0.00190 e. The molecule has 0 fully saturated rings. The highest BCUT2D eigenvalue weighted by atomic mass is 15.1. The van der Waals surface area contributed by atoms with E-state index >= 15 is 0 Å². The predicted octanol–water partition coefficient (Wildman–Crippen LogP) is 2.68. The van der Waals surface area contributed by atoms with E-state index in [2.05, 4.69) is 25.7 Å². The Balaban J connectivity index is 0. The minimum atomic E-state index is 0. The largest absolute Gasteiger partial charge is 0.344 e. The van der Waals surface area contributed by atoms with Crippen molar-refractivity contribution in [2.45, 2.75) is 40.0 Å². The SMILES string of the molecule is CCCCCN(CC)CC.N. The molecule has 70 valence electrons. The van der Waals surface area contributed by atoms with Crippen molar-refractivity contribution < 1.29 is 0 Å². The van der Waals surface area contributed by atoms with E-state index in [-0.39, 0.29) is 6.15 Å². The van der Waals surface area contributed by atoms with Gasteiger partial charge in [0.15, 0.2) is 0 Å². The van der Waals surface area contributed by atoms with Crippen LogP contribution < -0.4 is 6.15 Å². The fourth-order valence-electron chi connectivity index (χ4n) is 1.13. The molecule has 0 aromatic heterocycles. The number of rotatable bonds is 6. The Bertz CT molecular complexity index is 60.6. The van der Waals surface area contributed by atoms with Crippen molar-refractivity contribution in [2.24, 2.45) is 0 Å². The van der Waals surface area contributed by atoms with Gasteiger partial charge in [0.05, 0.1) is 0 Å². The van der Waals surface area contributed by atoms with Crippen LogP contribution >= 0.6 is 0 Å². The second-order valence-corrected chi connectivity index (χ2v) is 2.73. The summed E-state index contributed by atoms with van der Waals surface area (Å²) in [5.74, 6) is 0. The molecule has 0 saturated heterocycles. The molecule has 0 aliphatic carbocycles. The van der Waals surface area contributed by atoms with Gasteiger partial charge in [-0.25, -0.2) is 0 Å². The predicted molar refractivity (Wildman–Crippen MR) is 52.3 cm³/mol. The molecule has 0 aromatic rings. The van der Waals surface area contributed by atoms with Crippen molar-refractivity contribution in [1.29, 1.82) is 0 Å². The third-order valence-corrected chi connectivity index (χ3v) is 1.97. The molecule has 11 heavy (non-hydrogen) atoms. The van der Waals surface area contributed by atoms with Crippen LogP contribution in [0.25, 0.3) is 0 Å². The molecule has 0 heterocycles. The van der Waals surface area contributed by atoms with Gasteiger partial charge in [-0.15, -0.1) is 0 Å². The smallest absolute Gasteiger partial charge is 0.00190 e. The van der Waals surface area contributed by atoms with Gasteiger partial charge in [0, 0.05) is 0 Å². The number of hydrogen-bond donors (Lipinski definition) is 1. The lowest BCUT2D eigenvalue weighted by atomic mass is 10.2. The summed E-state index contributed by atoms with van der Waals surface area (Å²) in [5, 5.41) is 0. The fraction of sp³-hybridized carbons (Fsp3) is 1.00. The topological polar surface area (TPSA) is 38.2 Å². The lowest BCUT2D eigenvalue weighted by Crippen LogP contribution is -2.23. The van der Waals surface area contributed by atoms with Crippen LogP contribution in [0.4, 0.5) is 0 Å². The van der Waals surface area contributed by atoms with E-state index in [9.17, 15) is 0 Å². The van der Waals surface area contributed by atoms with Crippen molar-refractivity contribution in [3.05, 3.63) is 0 Å². The normalized spacial score (nSPS) is 9.82. The maximum absolute atomic E-state index is 2.48. The molecule has 2 nitrogen and oxygen atoms in total. The molecule has 0 atom stereocenters. The summed E-state index contributed by atoms with van der Waals surface area (Å²) in [6, 6.07) is 0. The molecule has 3 N–H and O–H groups in total. The molecular weight excluding hydrogens is 136 g/mol. The van der Waals surface area contributed by atoms with Gasteiger partial charge in [-0.3, -0.25) is 0 Å². The van der Waals surface area contributed by atoms with E-state index in [1.807, 2.05) is 0 Å². The van der Waals surface area contributed by atoms with E-state index in [0.29, 0.717) is 0 Å². The van der Waals surface area contributed by atoms with Crippen molar-refractivity contribution in [2.75, 3.05) is 19.6 Å². The van der Waals surface area contributed by atoms with E-state index in [1.165, 1.54) is 38.9 Å². The second kappa shape index (κ2) is 9.92. The summed E-state index contributed by atoms with van der Waals surface area (Å²) >= 11 is 0. The Hall–Kier alpha value is -0.0800. The van der Waals surface area contributed by atoms with E-state index in [0.717, 1.165) is 0 Å². The minimum Gasteiger partial charge on any atom is -0.344 e. The Morgan fingerprint density at radius 2 is 1.45 bits per heavy atom. The van der Waals surface area contributed by atoms with Gasteiger partial charge in [0.25, 0.3) is 0 Å². The second-order valence-electron chi connectivity index (χ2n) is 2.73. The highest BCUT2D eigenvalue weighted by molar-refractivity contribution is 4.51. The zero-order valence-corrected chi connectivity index (χ0v) is 8.40. The standard InChI is InChI=1S/C9H21N.H3N/c1-4-7-8-9-10(5-2)6-3;/h4-9H2,1-3H3;1H3. The average molecular weight is 160 g/mol. The third-order valence-electron chi connectivity index (χ3n) is 1.97. The van der Waals surface area contributed by atoms with Crippen molar-refractivity contribution >= 4 is 0 Å². The summed E-state index contributed by atoms with van der Waals surface area (Å²) in [4.78, 5) is 2.48. The van der Waals surface area contributed by atoms with Crippen molar-refractivity contribution in [3.63, 3.8) is 0 Å². The van der Waals surface area contributed by atoms with Crippen LogP contribution in [0.1, 0.15) is 40.0 Å². The summed E-state index contributed by atoms with van der Waals surface area (Å²) in [7, 11) is 0. The molecule has 0 radical (unpaired) electrons. The van der Waals surface area contributed by atoms with Crippen LogP contribution in [-0.4, -0.2) is 24.5 Å². The van der Waals surface area contributed by atoms with Gasteiger partial charge in [-0.05, 0) is 26.1 Å². The highest BCUT2D eigenvalue weighted by Crippen LogP contribution is 1.96. The van der Waals surface area contributed by atoms with Crippen LogP contribution in [0.5, 0.6) is 0 Å². The molecule has 0 aliphatic heterocycles. The molecule has 0 amide bonds. The Kier molecular flexibility index (Phi) is 12.2. The van der Waals surface area contributed by atoms with Gasteiger partial charge in [0.2, 0.25) is 0 Å². The molecule has 0 aliphatic rings. The summed E-state index contributed by atoms with van der Waals surface area (Å²) in [6.45, 7) is 10.4. The number of unbranched alkanes of at least 4 members (excludes halogenated alkanes) is 2. The first-order valence-corrected chi connectivity index (χ1v) is 4.57. The molecule has 0 unspecified atom stereocenters. The Labute approximate surface area is 71.6 Å². The molecule has 0 bridgehead atoms. The van der Waals surface area contributed by atoms with Crippen LogP contribution in [0.3, 0.4) is 0 Å². The number of hydrogen-bond acceptors (Lipinski definition) is 2. The molecule has 0 spiro atoms. The lowest BCUT2D eigenvalue weighted by molar-refractivity contribution is 0.296. The van der Waals surface area contributed by atoms with E-state index in [1.54, 1.807) is 0 Å². The van der Waals surface area contributed by atoms with Crippen molar-refractivity contribution in [3.8, 4) is 0 Å². The van der Waals surface area contributed by atoms with Crippen LogP contribution in [0, 0.1) is 0 Å². The van der Waals surface area contributed by atoms with Crippen LogP contribution in [0.15, 0.2) is 0 Å². The molecule has 0 saturated carbocycles. The summed E-state index contributed by atoms with van der Waals surface area (Å²) in [5.41, 5.74) is 0. The number of nitrogens with zero attached hydrogens (tertiary/aromatic N) is 1. The first kappa shape index (κ1) is 13.5. The first-order valence-electron chi connectivity index (χ1n) is 4.57. The Morgan fingerprint density at radius 3 is 1.82 bits per heavy atom. The first-order chi connectivity index (χ1) is 4.85. The fourth-order valence-corrected chi connectivity index (χ4v) is 1.13. The zero-order valence-electron chi connectivity index (χ0n) is 8.40. The van der Waals surface area contributed by atoms with Gasteiger partial charge in [-0.1, -0.05) is 33.6 Å².